The molecule has 2 aromatic rings. The Hall–Kier alpha value is -2.90. The van der Waals surface area contributed by atoms with Crippen LogP contribution in [-0.2, 0) is 9.59 Å². The van der Waals surface area contributed by atoms with Crippen LogP contribution < -0.4 is 4.74 Å². The summed E-state index contributed by atoms with van der Waals surface area (Å²) in [6.07, 6.45) is 1.60. The molecule has 8 heteroatoms. The average Bonchev–Trinajstić information content (AvgIpc) is 3.06. The maximum Gasteiger partial charge on any atom is 0.295 e. The third kappa shape index (κ3) is 4.79. The molecule has 1 N–H and O–H groups in total. The quantitative estimate of drug-likeness (QED) is 0.349. The molecule has 0 spiro atoms. The predicted molar refractivity (Wildman–Crippen MR) is 124 cm³/mol. The van der Waals surface area contributed by atoms with E-state index in [2.05, 4.69) is 9.88 Å². The first kappa shape index (κ1) is 23.8. The number of likely N-dealkylation sites (tertiary alicyclic amines) is 1. The van der Waals surface area contributed by atoms with E-state index >= 15 is 0 Å². The largest absolute Gasteiger partial charge is 0.507 e. The van der Waals surface area contributed by atoms with Gasteiger partial charge in [-0.1, -0.05) is 31.5 Å². The van der Waals surface area contributed by atoms with Crippen molar-refractivity contribution in [2.24, 2.45) is 0 Å². The highest BCUT2D eigenvalue weighted by molar-refractivity contribution is 6.47. The number of ether oxygens (including phenoxy) is 1. The van der Waals surface area contributed by atoms with E-state index in [1.165, 1.54) is 4.90 Å². The van der Waals surface area contributed by atoms with Crippen molar-refractivity contribution in [1.29, 1.82) is 0 Å². The number of carbonyl (C=O) groups is 2. The zero-order chi connectivity index (χ0) is 23.3. The van der Waals surface area contributed by atoms with Crippen molar-refractivity contribution in [3.8, 4) is 5.75 Å². The van der Waals surface area contributed by atoms with Crippen molar-refractivity contribution < 1.29 is 19.4 Å². The lowest BCUT2D eigenvalue weighted by molar-refractivity contribution is -0.140. The number of carbonyl (C=O) groups excluding carboxylic acids is 2. The fourth-order valence-corrected chi connectivity index (χ4v) is 4.04. The van der Waals surface area contributed by atoms with Crippen LogP contribution in [0, 0.1) is 0 Å². The number of amides is 1. The molecule has 1 saturated heterocycles. The highest BCUT2D eigenvalue weighted by Gasteiger charge is 2.46. The van der Waals surface area contributed by atoms with E-state index in [9.17, 15) is 14.7 Å². The molecular weight excluding hydrogens is 430 g/mol. The third-order valence-electron chi connectivity index (χ3n) is 5.56. The van der Waals surface area contributed by atoms with Crippen LogP contribution in [0.15, 0.2) is 48.2 Å². The molecule has 0 aliphatic carbocycles. The van der Waals surface area contributed by atoms with Crippen LogP contribution in [0.4, 0.5) is 0 Å². The van der Waals surface area contributed by atoms with Gasteiger partial charge in [-0.15, -0.1) is 0 Å². The number of nitrogens with zero attached hydrogens (tertiary/aromatic N) is 3. The molecule has 1 amide bonds. The zero-order valence-corrected chi connectivity index (χ0v) is 19.3. The van der Waals surface area contributed by atoms with Crippen LogP contribution in [0.25, 0.3) is 5.76 Å². The van der Waals surface area contributed by atoms with Gasteiger partial charge in [-0.2, -0.15) is 0 Å². The van der Waals surface area contributed by atoms with Crippen LogP contribution in [-0.4, -0.2) is 64.4 Å². The van der Waals surface area contributed by atoms with Gasteiger partial charge in [0.05, 0.1) is 22.9 Å². The molecular formula is C24H28ClN3O4. The summed E-state index contributed by atoms with van der Waals surface area (Å²) in [5, 5.41) is 11.5. The molecule has 0 saturated carbocycles. The Balaban J connectivity index is 2.11. The summed E-state index contributed by atoms with van der Waals surface area (Å²) in [5.74, 6) is -1.25. The number of aliphatic hydroxyl groups is 1. The highest BCUT2D eigenvalue weighted by atomic mass is 35.5. The van der Waals surface area contributed by atoms with Crippen LogP contribution in [0.3, 0.4) is 0 Å². The lowest BCUT2D eigenvalue weighted by Gasteiger charge is -2.27. The maximum atomic E-state index is 13.1. The van der Waals surface area contributed by atoms with E-state index in [1.54, 1.807) is 42.6 Å². The van der Waals surface area contributed by atoms with Crippen molar-refractivity contribution in [2.75, 3.05) is 32.8 Å². The van der Waals surface area contributed by atoms with Crippen LogP contribution in [0.2, 0.25) is 5.02 Å². The SMILES string of the molecule is CCOc1ccc(Cl)c(/C(O)=C2\C(=O)C(=O)N(CCN(CC)CC)C2c2ccccn2)c1. The zero-order valence-electron chi connectivity index (χ0n) is 18.5. The standard InChI is InChI=1S/C24H28ClN3O4/c1-4-27(5-2)13-14-28-21(19-9-7-8-12-26-19)20(23(30)24(28)31)22(29)17-15-16(32-6-3)10-11-18(17)25/h7-12,15,21,29H,4-6,13-14H2,1-3H3/b22-20+. The Labute approximate surface area is 193 Å². The minimum absolute atomic E-state index is 0.0243. The second kappa shape index (κ2) is 10.6. The third-order valence-corrected chi connectivity index (χ3v) is 5.89. The van der Waals surface area contributed by atoms with Crippen molar-refractivity contribution in [3.05, 3.63) is 64.4 Å². The van der Waals surface area contributed by atoms with Gasteiger partial charge in [0.15, 0.2) is 0 Å². The monoisotopic (exact) mass is 457 g/mol. The number of benzene rings is 1. The minimum Gasteiger partial charge on any atom is -0.507 e. The number of ketones is 1. The van der Waals surface area contributed by atoms with Crippen molar-refractivity contribution in [2.45, 2.75) is 26.8 Å². The second-order valence-corrected chi connectivity index (χ2v) is 7.76. The van der Waals surface area contributed by atoms with Gasteiger partial charge in [0.1, 0.15) is 17.6 Å². The number of aliphatic hydroxyl groups excluding tert-OH is 1. The molecule has 1 aliphatic rings. The molecule has 1 unspecified atom stereocenters. The van der Waals surface area contributed by atoms with Gasteiger partial charge in [0.25, 0.3) is 11.7 Å². The lowest BCUT2D eigenvalue weighted by Crippen LogP contribution is -2.38. The molecule has 1 aromatic heterocycles. The van der Waals surface area contributed by atoms with Gasteiger partial charge in [-0.25, -0.2) is 0 Å². The number of Topliss-reactive ketones (excluding diaryl/α,β-unsaturated/α-hetero) is 1. The van der Waals surface area contributed by atoms with Gasteiger partial charge in [-0.3, -0.25) is 14.6 Å². The Morgan fingerprint density at radius 1 is 1.19 bits per heavy atom. The molecule has 0 radical (unpaired) electrons. The second-order valence-electron chi connectivity index (χ2n) is 7.35. The molecule has 3 rings (SSSR count). The maximum absolute atomic E-state index is 13.1. The number of likely N-dealkylation sites (N-methyl/N-ethyl adjacent to an activating group) is 1. The van der Waals surface area contributed by atoms with Crippen LogP contribution in [0.5, 0.6) is 5.75 Å². The van der Waals surface area contributed by atoms with Gasteiger partial charge in [0, 0.05) is 24.8 Å². The van der Waals surface area contributed by atoms with Gasteiger partial charge in [0.2, 0.25) is 0 Å². The highest BCUT2D eigenvalue weighted by Crippen LogP contribution is 2.40. The van der Waals surface area contributed by atoms with E-state index in [1.807, 2.05) is 20.8 Å². The van der Waals surface area contributed by atoms with Crippen molar-refractivity contribution in [3.63, 3.8) is 0 Å². The summed E-state index contributed by atoms with van der Waals surface area (Å²) in [7, 11) is 0. The van der Waals surface area contributed by atoms with E-state index in [0.29, 0.717) is 31.1 Å². The normalized spacial score (nSPS) is 17.9. The van der Waals surface area contributed by atoms with Crippen molar-refractivity contribution in [1.82, 2.24) is 14.8 Å². The first-order valence-corrected chi connectivity index (χ1v) is 11.1. The number of halogens is 1. The Kier molecular flexibility index (Phi) is 7.88. The molecule has 170 valence electrons. The molecule has 2 heterocycles. The van der Waals surface area contributed by atoms with Crippen LogP contribution >= 0.6 is 11.6 Å². The van der Waals surface area contributed by atoms with Gasteiger partial charge < -0.3 is 19.6 Å². The summed E-state index contributed by atoms with van der Waals surface area (Å²) in [6.45, 7) is 8.95. The predicted octanol–water partition coefficient (Wildman–Crippen LogP) is 3.90. The first-order valence-electron chi connectivity index (χ1n) is 10.8. The first-order chi connectivity index (χ1) is 15.4. The van der Waals surface area contributed by atoms with Gasteiger partial charge >= 0.3 is 0 Å². The minimum atomic E-state index is -0.807. The molecule has 7 nitrogen and oxygen atoms in total. The molecule has 1 fully saturated rings. The number of pyridine rings is 1. The Morgan fingerprint density at radius 3 is 2.56 bits per heavy atom. The van der Waals surface area contributed by atoms with Crippen molar-refractivity contribution >= 4 is 29.1 Å². The summed E-state index contributed by atoms with van der Waals surface area (Å²) in [5.41, 5.74) is 0.717. The number of hydrogen-bond acceptors (Lipinski definition) is 6. The summed E-state index contributed by atoms with van der Waals surface area (Å²) < 4.78 is 5.51. The Bertz CT molecular complexity index is 1010. The Morgan fingerprint density at radius 2 is 1.94 bits per heavy atom. The fourth-order valence-electron chi connectivity index (χ4n) is 3.83. The molecule has 32 heavy (non-hydrogen) atoms. The molecule has 1 aliphatic heterocycles. The number of aromatic nitrogens is 1. The molecule has 1 aromatic carbocycles. The topological polar surface area (TPSA) is 83.0 Å². The summed E-state index contributed by atoms with van der Waals surface area (Å²) >= 11 is 6.34. The fraction of sp³-hybridized carbons (Fsp3) is 0.375. The van der Waals surface area contributed by atoms with E-state index in [0.717, 1.165) is 13.1 Å². The lowest BCUT2D eigenvalue weighted by atomic mass is 9.98. The van der Waals surface area contributed by atoms with E-state index in [4.69, 9.17) is 16.3 Å². The molecule has 0 bridgehead atoms. The average molecular weight is 458 g/mol. The van der Waals surface area contributed by atoms with E-state index in [-0.39, 0.29) is 21.9 Å². The molecule has 1 atom stereocenters. The van der Waals surface area contributed by atoms with Crippen LogP contribution in [0.1, 0.15) is 38.1 Å². The van der Waals surface area contributed by atoms with E-state index < -0.39 is 17.7 Å². The summed E-state index contributed by atoms with van der Waals surface area (Å²) in [4.78, 5) is 34.1. The number of rotatable bonds is 9. The summed E-state index contributed by atoms with van der Waals surface area (Å²) in [6, 6.07) is 9.32. The number of hydrogen-bond donors (Lipinski definition) is 1. The van der Waals surface area contributed by atoms with Gasteiger partial charge in [-0.05, 0) is 50.3 Å². The smallest absolute Gasteiger partial charge is 0.295 e.